The molecule has 0 aliphatic carbocycles. The van der Waals surface area contributed by atoms with E-state index in [1.54, 1.807) is 0 Å². The molecular weight excluding hydrogens is 394 g/mol. The molecule has 0 aromatic carbocycles. The van der Waals surface area contributed by atoms with Crippen molar-refractivity contribution in [3.63, 3.8) is 0 Å². The van der Waals surface area contributed by atoms with Gasteiger partial charge in [-0.05, 0) is 32.1 Å². The normalized spacial score (nSPS) is 11.6. The summed E-state index contributed by atoms with van der Waals surface area (Å²) in [5, 5.41) is 0. The molecule has 0 radical (unpaired) electrons. The van der Waals surface area contributed by atoms with Crippen LogP contribution in [0.2, 0.25) is 0 Å². The first-order valence-corrected chi connectivity index (χ1v) is 12.6. The molecule has 0 aliphatic heterocycles. The predicted molar refractivity (Wildman–Crippen MR) is 121 cm³/mol. The Kier molecular flexibility index (Phi) is 24.9. The van der Waals surface area contributed by atoms with Gasteiger partial charge in [0.25, 0.3) is 0 Å². The lowest BCUT2D eigenvalue weighted by atomic mass is 10.0. The Bertz CT molecular complexity index is 245. The highest BCUT2D eigenvalue weighted by Gasteiger charge is 2.24. The smallest absolute Gasteiger partial charge is 0.0786 e. The van der Waals surface area contributed by atoms with Crippen molar-refractivity contribution in [2.75, 3.05) is 26.2 Å². The summed E-state index contributed by atoms with van der Waals surface area (Å²) < 4.78 is 1.44. The second kappa shape index (κ2) is 22.7. The highest BCUT2D eigenvalue weighted by Crippen LogP contribution is 2.18. The van der Waals surface area contributed by atoms with Crippen LogP contribution in [0.25, 0.3) is 0 Å². The molecule has 0 unspecified atom stereocenters. The van der Waals surface area contributed by atoms with Crippen LogP contribution in [0.3, 0.4) is 0 Å². The van der Waals surface area contributed by atoms with E-state index in [1.165, 1.54) is 140 Å². The molecule has 0 aliphatic rings. The Morgan fingerprint density at radius 2 is 0.593 bits per heavy atom. The minimum atomic E-state index is 0. The standard InChI is InChI=1S/C25H54N.BrH/c1-5-9-13-14-15-16-17-18-19-20-21-25-26(22-10-6-2,23-11-7-3)24-12-8-4;/h5-25H2,1-4H3;1H/q+1;/p-1. The largest absolute Gasteiger partial charge is 1.00 e. The maximum Gasteiger partial charge on any atom is 0.0786 e. The minimum Gasteiger partial charge on any atom is -1.00 e. The van der Waals surface area contributed by atoms with Crippen molar-refractivity contribution in [1.82, 2.24) is 0 Å². The van der Waals surface area contributed by atoms with E-state index >= 15 is 0 Å². The molecule has 0 rings (SSSR count). The van der Waals surface area contributed by atoms with Crippen LogP contribution < -0.4 is 17.0 Å². The summed E-state index contributed by atoms with van der Waals surface area (Å²) in [7, 11) is 0. The Hall–Kier alpha value is 0.440. The zero-order valence-corrected chi connectivity index (χ0v) is 21.3. The Balaban J connectivity index is 0. The van der Waals surface area contributed by atoms with E-state index in [9.17, 15) is 0 Å². The molecule has 0 saturated heterocycles. The van der Waals surface area contributed by atoms with E-state index in [1.807, 2.05) is 0 Å². The van der Waals surface area contributed by atoms with E-state index in [4.69, 9.17) is 0 Å². The fraction of sp³-hybridized carbons (Fsp3) is 1.00. The number of hydrogen-bond donors (Lipinski definition) is 0. The molecule has 0 fully saturated rings. The van der Waals surface area contributed by atoms with Gasteiger partial charge in [-0.25, -0.2) is 0 Å². The molecule has 0 aromatic heterocycles. The van der Waals surface area contributed by atoms with Crippen LogP contribution in [0, 0.1) is 0 Å². The summed E-state index contributed by atoms with van der Waals surface area (Å²) >= 11 is 0. The van der Waals surface area contributed by atoms with Gasteiger partial charge in [-0.1, -0.05) is 105 Å². The van der Waals surface area contributed by atoms with Gasteiger partial charge in [-0.3, -0.25) is 0 Å². The molecular formula is C25H54BrN. The SMILES string of the molecule is CCCCCCCCCCCCC[N+](CCCC)(CCCC)CCCC.[Br-]. The third-order valence-corrected chi connectivity index (χ3v) is 6.19. The molecule has 0 N–H and O–H groups in total. The predicted octanol–water partition coefficient (Wildman–Crippen LogP) is 5.52. The summed E-state index contributed by atoms with van der Waals surface area (Å²) in [6.07, 6.45) is 24.4. The van der Waals surface area contributed by atoms with Crippen molar-refractivity contribution in [3.05, 3.63) is 0 Å². The van der Waals surface area contributed by atoms with Crippen molar-refractivity contribution >= 4 is 0 Å². The zero-order valence-electron chi connectivity index (χ0n) is 19.7. The number of unbranched alkanes of at least 4 members (excludes halogenated alkanes) is 13. The van der Waals surface area contributed by atoms with E-state index in [2.05, 4.69) is 27.7 Å². The average molecular weight is 449 g/mol. The van der Waals surface area contributed by atoms with Crippen LogP contribution in [-0.2, 0) is 0 Å². The third-order valence-electron chi connectivity index (χ3n) is 6.19. The Labute approximate surface area is 184 Å². The number of quaternary nitrogens is 1. The van der Waals surface area contributed by atoms with Crippen LogP contribution in [0.5, 0.6) is 0 Å². The van der Waals surface area contributed by atoms with Crippen molar-refractivity contribution in [2.45, 2.75) is 137 Å². The Morgan fingerprint density at radius 3 is 0.926 bits per heavy atom. The van der Waals surface area contributed by atoms with Gasteiger partial charge >= 0.3 is 0 Å². The second-order valence-corrected chi connectivity index (χ2v) is 8.83. The van der Waals surface area contributed by atoms with Crippen molar-refractivity contribution in [3.8, 4) is 0 Å². The number of halogens is 1. The highest BCUT2D eigenvalue weighted by molar-refractivity contribution is 4.52. The number of hydrogen-bond acceptors (Lipinski definition) is 0. The summed E-state index contributed by atoms with van der Waals surface area (Å²) in [5.41, 5.74) is 0. The first kappa shape index (κ1) is 29.6. The summed E-state index contributed by atoms with van der Waals surface area (Å²) in [6.45, 7) is 15.2. The van der Waals surface area contributed by atoms with Crippen LogP contribution in [0.15, 0.2) is 0 Å². The van der Waals surface area contributed by atoms with Crippen LogP contribution in [-0.4, -0.2) is 30.7 Å². The van der Waals surface area contributed by atoms with Gasteiger partial charge in [0.2, 0.25) is 0 Å². The van der Waals surface area contributed by atoms with Crippen molar-refractivity contribution in [1.29, 1.82) is 0 Å². The monoisotopic (exact) mass is 447 g/mol. The lowest BCUT2D eigenvalue weighted by Crippen LogP contribution is -3.00. The lowest BCUT2D eigenvalue weighted by molar-refractivity contribution is -0.929. The van der Waals surface area contributed by atoms with Crippen molar-refractivity contribution in [2.24, 2.45) is 0 Å². The molecule has 27 heavy (non-hydrogen) atoms. The van der Waals surface area contributed by atoms with Gasteiger partial charge in [0.1, 0.15) is 0 Å². The highest BCUT2D eigenvalue weighted by atomic mass is 79.9. The van der Waals surface area contributed by atoms with E-state index < -0.39 is 0 Å². The van der Waals surface area contributed by atoms with Gasteiger partial charge in [-0.2, -0.15) is 0 Å². The molecule has 166 valence electrons. The lowest BCUT2D eigenvalue weighted by Gasteiger charge is -2.39. The van der Waals surface area contributed by atoms with Crippen LogP contribution >= 0.6 is 0 Å². The fourth-order valence-corrected chi connectivity index (χ4v) is 4.26. The minimum absolute atomic E-state index is 0. The number of rotatable bonds is 21. The van der Waals surface area contributed by atoms with Gasteiger partial charge < -0.3 is 21.5 Å². The fourth-order valence-electron chi connectivity index (χ4n) is 4.26. The molecule has 2 heteroatoms. The molecule has 0 saturated carbocycles. The first-order chi connectivity index (χ1) is 12.7. The molecule has 0 bridgehead atoms. The van der Waals surface area contributed by atoms with E-state index in [0.717, 1.165) is 0 Å². The van der Waals surface area contributed by atoms with Crippen LogP contribution in [0.4, 0.5) is 0 Å². The molecule has 1 nitrogen and oxygen atoms in total. The summed E-state index contributed by atoms with van der Waals surface area (Å²) in [6, 6.07) is 0. The molecule has 0 amide bonds. The quantitative estimate of drug-likeness (QED) is 0.160. The van der Waals surface area contributed by atoms with E-state index in [-0.39, 0.29) is 17.0 Å². The maximum absolute atomic E-state index is 2.36. The van der Waals surface area contributed by atoms with Gasteiger partial charge in [0.05, 0.1) is 26.2 Å². The number of nitrogens with zero attached hydrogens (tertiary/aromatic N) is 1. The molecule has 0 aromatic rings. The maximum atomic E-state index is 2.36. The van der Waals surface area contributed by atoms with E-state index in [0.29, 0.717) is 0 Å². The topological polar surface area (TPSA) is 0 Å². The van der Waals surface area contributed by atoms with Gasteiger partial charge in [0, 0.05) is 0 Å². The average Bonchev–Trinajstić information content (AvgIpc) is 2.66. The molecule has 0 heterocycles. The van der Waals surface area contributed by atoms with Gasteiger partial charge in [0.15, 0.2) is 0 Å². The first-order valence-electron chi connectivity index (χ1n) is 12.6. The Morgan fingerprint density at radius 1 is 0.333 bits per heavy atom. The summed E-state index contributed by atoms with van der Waals surface area (Å²) in [4.78, 5) is 0. The third kappa shape index (κ3) is 18.2. The van der Waals surface area contributed by atoms with Crippen molar-refractivity contribution < 1.29 is 21.5 Å². The summed E-state index contributed by atoms with van der Waals surface area (Å²) in [5.74, 6) is 0. The zero-order chi connectivity index (χ0) is 19.3. The van der Waals surface area contributed by atoms with Crippen LogP contribution in [0.1, 0.15) is 137 Å². The molecule has 0 spiro atoms. The molecule has 0 atom stereocenters. The second-order valence-electron chi connectivity index (χ2n) is 8.83. The van der Waals surface area contributed by atoms with Gasteiger partial charge in [-0.15, -0.1) is 0 Å².